The summed E-state index contributed by atoms with van der Waals surface area (Å²) in [5, 5.41) is 2.98. The largest absolute Gasteiger partial charge is 0.343 e. The second kappa shape index (κ2) is 9.34. The summed E-state index contributed by atoms with van der Waals surface area (Å²) in [5.74, 6) is 0.211. The number of likely N-dealkylation sites (tertiary alicyclic amines) is 1. The number of benzene rings is 1. The van der Waals surface area contributed by atoms with E-state index in [1.807, 2.05) is 25.7 Å². The van der Waals surface area contributed by atoms with Crippen molar-refractivity contribution in [2.24, 2.45) is 17.6 Å². The van der Waals surface area contributed by atoms with Gasteiger partial charge in [-0.2, -0.15) is 0 Å². The zero-order valence-corrected chi connectivity index (χ0v) is 18.9. The van der Waals surface area contributed by atoms with Gasteiger partial charge in [0, 0.05) is 18.5 Å². The number of rotatable bonds is 7. The lowest BCUT2D eigenvalue weighted by atomic mass is 9.74. The van der Waals surface area contributed by atoms with Gasteiger partial charge in [-0.25, -0.2) is 0 Å². The molecule has 3 rings (SSSR count). The number of carbonyl (C=O) groups is 2. The topological polar surface area (TPSA) is 75.4 Å². The van der Waals surface area contributed by atoms with Gasteiger partial charge in [0.05, 0.1) is 6.04 Å². The van der Waals surface area contributed by atoms with E-state index in [0.717, 1.165) is 19.3 Å². The summed E-state index contributed by atoms with van der Waals surface area (Å²) in [6, 6.07) is 7.46. The number of hydrogen-bond donors (Lipinski definition) is 2. The van der Waals surface area contributed by atoms with Gasteiger partial charge in [0.25, 0.3) is 0 Å². The van der Waals surface area contributed by atoms with Crippen molar-refractivity contribution in [1.29, 1.82) is 0 Å². The number of hydrogen-bond acceptors (Lipinski definition) is 3. The highest BCUT2D eigenvalue weighted by molar-refractivity contribution is 5.90. The Kier molecular flexibility index (Phi) is 7.02. The first-order chi connectivity index (χ1) is 14.3. The summed E-state index contributed by atoms with van der Waals surface area (Å²) < 4.78 is 0. The first-order valence-electron chi connectivity index (χ1n) is 11.4. The second-order valence-electron chi connectivity index (χ2n) is 9.51. The van der Waals surface area contributed by atoms with Crippen LogP contribution >= 0.6 is 0 Å². The number of allylic oxidation sites excluding steroid dienone is 1. The molecule has 5 nitrogen and oxygen atoms in total. The predicted octanol–water partition coefficient (Wildman–Crippen LogP) is 3.48. The number of piperidine rings is 1. The molecule has 2 amide bonds. The number of nitrogens with one attached hydrogen (secondary N) is 1. The first kappa shape index (κ1) is 22.5. The van der Waals surface area contributed by atoms with E-state index >= 15 is 0 Å². The second-order valence-corrected chi connectivity index (χ2v) is 9.51. The molecular weight excluding hydrogens is 374 g/mol. The van der Waals surface area contributed by atoms with Gasteiger partial charge in [-0.15, -0.1) is 0 Å². The Hall–Kier alpha value is -2.14. The molecule has 1 spiro atoms. The SMILES string of the molecule is CC[C@H](C)[C@H](NC(=O)[C@@H](N)CC(C)C)C(=O)N1CCC2(C=Cc3ccccc32)CC1. The Morgan fingerprint density at radius 2 is 1.83 bits per heavy atom. The molecular formula is C25H37N3O2. The molecule has 1 saturated heterocycles. The molecule has 1 fully saturated rings. The zero-order valence-electron chi connectivity index (χ0n) is 18.9. The van der Waals surface area contributed by atoms with Crippen molar-refractivity contribution in [2.45, 2.75) is 70.9 Å². The van der Waals surface area contributed by atoms with Crippen LogP contribution < -0.4 is 11.1 Å². The van der Waals surface area contributed by atoms with Crippen molar-refractivity contribution >= 4 is 17.9 Å². The average molecular weight is 412 g/mol. The highest BCUT2D eigenvalue weighted by atomic mass is 16.2. The van der Waals surface area contributed by atoms with E-state index in [0.29, 0.717) is 25.4 Å². The fraction of sp³-hybridized carbons (Fsp3) is 0.600. The van der Waals surface area contributed by atoms with Gasteiger partial charge in [-0.05, 0) is 42.2 Å². The molecule has 0 radical (unpaired) electrons. The predicted molar refractivity (Wildman–Crippen MR) is 122 cm³/mol. The molecule has 1 aromatic rings. The van der Waals surface area contributed by atoms with Crippen molar-refractivity contribution in [3.05, 3.63) is 41.5 Å². The summed E-state index contributed by atoms with van der Waals surface area (Å²) in [7, 11) is 0. The van der Waals surface area contributed by atoms with Gasteiger partial charge in [0.15, 0.2) is 0 Å². The zero-order chi connectivity index (χ0) is 21.9. The number of amides is 2. The molecule has 5 heteroatoms. The third-order valence-corrected chi connectivity index (χ3v) is 6.89. The molecule has 0 aromatic heterocycles. The quantitative estimate of drug-likeness (QED) is 0.721. The molecule has 164 valence electrons. The van der Waals surface area contributed by atoms with Crippen LogP contribution in [0.2, 0.25) is 0 Å². The lowest BCUT2D eigenvalue weighted by Crippen LogP contribution is -2.57. The van der Waals surface area contributed by atoms with Gasteiger partial charge < -0.3 is 16.0 Å². The Bertz CT molecular complexity index is 793. The molecule has 1 aliphatic carbocycles. The van der Waals surface area contributed by atoms with Gasteiger partial charge in [0.1, 0.15) is 6.04 Å². The maximum Gasteiger partial charge on any atom is 0.245 e. The Balaban J connectivity index is 1.66. The Labute approximate surface area is 181 Å². The molecule has 0 unspecified atom stereocenters. The van der Waals surface area contributed by atoms with Crippen molar-refractivity contribution in [3.63, 3.8) is 0 Å². The monoisotopic (exact) mass is 411 g/mol. The molecule has 30 heavy (non-hydrogen) atoms. The van der Waals surface area contributed by atoms with Crippen LogP contribution in [0.3, 0.4) is 0 Å². The maximum absolute atomic E-state index is 13.4. The van der Waals surface area contributed by atoms with Crippen LogP contribution in [0.15, 0.2) is 30.3 Å². The summed E-state index contributed by atoms with van der Waals surface area (Å²) in [4.78, 5) is 27.9. The third-order valence-electron chi connectivity index (χ3n) is 6.89. The average Bonchev–Trinajstić information content (AvgIpc) is 3.09. The number of fused-ring (bicyclic) bond motifs is 2. The van der Waals surface area contributed by atoms with E-state index in [9.17, 15) is 9.59 Å². The maximum atomic E-state index is 13.4. The minimum absolute atomic E-state index is 0.0274. The molecule has 3 atom stereocenters. The summed E-state index contributed by atoms with van der Waals surface area (Å²) in [5.41, 5.74) is 8.78. The van der Waals surface area contributed by atoms with Crippen LogP contribution in [-0.4, -0.2) is 41.9 Å². The van der Waals surface area contributed by atoms with Gasteiger partial charge >= 0.3 is 0 Å². The van der Waals surface area contributed by atoms with Crippen molar-refractivity contribution in [3.8, 4) is 0 Å². The summed E-state index contributed by atoms with van der Waals surface area (Å²) in [6.45, 7) is 9.58. The van der Waals surface area contributed by atoms with E-state index in [2.05, 4.69) is 48.7 Å². The molecule has 0 bridgehead atoms. The van der Waals surface area contributed by atoms with Gasteiger partial charge in [0.2, 0.25) is 11.8 Å². The third kappa shape index (κ3) is 4.61. The molecule has 2 aliphatic rings. The van der Waals surface area contributed by atoms with E-state index in [4.69, 9.17) is 5.73 Å². The van der Waals surface area contributed by atoms with Crippen LogP contribution in [0.5, 0.6) is 0 Å². The van der Waals surface area contributed by atoms with Crippen LogP contribution in [0.4, 0.5) is 0 Å². The fourth-order valence-corrected chi connectivity index (χ4v) is 4.75. The Morgan fingerprint density at radius 3 is 2.47 bits per heavy atom. The Morgan fingerprint density at radius 1 is 1.17 bits per heavy atom. The van der Waals surface area contributed by atoms with Gasteiger partial charge in [-0.1, -0.05) is 70.5 Å². The van der Waals surface area contributed by atoms with E-state index in [-0.39, 0.29) is 23.1 Å². The van der Waals surface area contributed by atoms with Gasteiger partial charge in [-0.3, -0.25) is 9.59 Å². The van der Waals surface area contributed by atoms with Crippen molar-refractivity contribution in [1.82, 2.24) is 10.2 Å². The van der Waals surface area contributed by atoms with Crippen molar-refractivity contribution < 1.29 is 9.59 Å². The van der Waals surface area contributed by atoms with E-state index in [1.54, 1.807) is 0 Å². The normalized spacial score (nSPS) is 20.1. The summed E-state index contributed by atoms with van der Waals surface area (Å²) in [6.07, 6.45) is 7.80. The van der Waals surface area contributed by atoms with Crippen LogP contribution in [-0.2, 0) is 15.0 Å². The smallest absolute Gasteiger partial charge is 0.245 e. The minimum Gasteiger partial charge on any atom is -0.343 e. The van der Waals surface area contributed by atoms with Crippen LogP contribution in [0.1, 0.15) is 64.5 Å². The van der Waals surface area contributed by atoms with Crippen LogP contribution in [0.25, 0.3) is 6.08 Å². The minimum atomic E-state index is -0.575. The highest BCUT2D eigenvalue weighted by Gasteiger charge is 2.40. The molecule has 1 heterocycles. The lowest BCUT2D eigenvalue weighted by molar-refractivity contribution is -0.139. The molecule has 3 N–H and O–H groups in total. The molecule has 0 saturated carbocycles. The first-order valence-corrected chi connectivity index (χ1v) is 11.4. The van der Waals surface area contributed by atoms with Crippen LogP contribution in [0, 0.1) is 11.8 Å². The fourth-order valence-electron chi connectivity index (χ4n) is 4.75. The molecule has 1 aromatic carbocycles. The number of carbonyl (C=O) groups excluding carboxylic acids is 2. The van der Waals surface area contributed by atoms with E-state index < -0.39 is 12.1 Å². The van der Waals surface area contributed by atoms with E-state index in [1.165, 1.54) is 11.1 Å². The van der Waals surface area contributed by atoms with Crippen molar-refractivity contribution in [2.75, 3.05) is 13.1 Å². The molecule has 1 aliphatic heterocycles. The highest BCUT2D eigenvalue weighted by Crippen LogP contribution is 2.43. The number of nitrogens with two attached hydrogens (primary N) is 1. The lowest BCUT2D eigenvalue weighted by Gasteiger charge is -2.41. The summed E-state index contributed by atoms with van der Waals surface area (Å²) >= 11 is 0. The number of nitrogens with zero attached hydrogens (tertiary/aromatic N) is 1. The standard InChI is InChI=1S/C25H37N3O2/c1-5-18(4)22(27-23(29)21(26)16-17(2)3)24(30)28-14-12-25(13-15-28)11-10-19-8-6-7-9-20(19)25/h6-11,17-18,21-22H,5,12-16,26H2,1-4H3,(H,27,29)/t18-,21-,22-/m0/s1.